The van der Waals surface area contributed by atoms with Crippen LogP contribution in [0.15, 0.2) is 97.1 Å². The van der Waals surface area contributed by atoms with Gasteiger partial charge in [-0.3, -0.25) is 0 Å². The van der Waals surface area contributed by atoms with Crippen LogP contribution in [-0.4, -0.2) is 24.1 Å². The predicted molar refractivity (Wildman–Crippen MR) is 149 cm³/mol. The van der Waals surface area contributed by atoms with Gasteiger partial charge in [0.2, 0.25) is 0 Å². The summed E-state index contributed by atoms with van der Waals surface area (Å²) in [5, 5.41) is 0. The van der Waals surface area contributed by atoms with E-state index >= 15 is 0 Å². The minimum Gasteiger partial charge on any atom is -0.454 e. The van der Waals surface area contributed by atoms with Crippen LogP contribution in [0.5, 0.6) is 0 Å². The first kappa shape index (κ1) is 25.5. The molecular weight excluding hydrogens is 472 g/mol. The molecule has 0 radical (unpaired) electrons. The van der Waals surface area contributed by atoms with Crippen LogP contribution in [0, 0.1) is 20.8 Å². The molecule has 1 aliphatic rings. The summed E-state index contributed by atoms with van der Waals surface area (Å²) in [7, 11) is 0. The van der Waals surface area contributed by atoms with Gasteiger partial charge in [-0.15, -0.1) is 0 Å². The summed E-state index contributed by atoms with van der Waals surface area (Å²) in [6, 6.07) is 30.9. The van der Waals surface area contributed by atoms with Gasteiger partial charge in [-0.2, -0.15) is 0 Å². The lowest BCUT2D eigenvalue weighted by Crippen LogP contribution is -2.46. The van der Waals surface area contributed by atoms with Crippen LogP contribution in [0.2, 0.25) is 0 Å². The minimum atomic E-state index is -0.718. The molecule has 0 fully saturated rings. The van der Waals surface area contributed by atoms with Gasteiger partial charge in [0.25, 0.3) is 0 Å². The normalized spacial score (nSPS) is 20.3. The monoisotopic (exact) mass is 504 g/mol. The van der Waals surface area contributed by atoms with Crippen molar-refractivity contribution < 1.29 is 19.1 Å². The Kier molecular flexibility index (Phi) is 7.15. The number of esters is 2. The molecule has 4 atom stereocenters. The molecule has 0 aliphatic heterocycles. The Balaban J connectivity index is 1.61. The molecule has 1 aliphatic carbocycles. The number of carbonyl (C=O) groups is 2. The highest BCUT2D eigenvalue weighted by Crippen LogP contribution is 2.46. The SMILES string of the molecule is Cc1ccc(C(=O)OC2C(c3ccccc3C)c3ccccc3[C@H](C)C2OC(=O)c2ccc(C)cc2)cc1. The lowest BCUT2D eigenvalue weighted by atomic mass is 9.70. The molecule has 0 N–H and O–H groups in total. The molecule has 4 aromatic carbocycles. The molecule has 0 aromatic heterocycles. The van der Waals surface area contributed by atoms with Crippen LogP contribution in [0.3, 0.4) is 0 Å². The molecular formula is C34H32O4. The fourth-order valence-electron chi connectivity index (χ4n) is 5.38. The number of benzene rings is 4. The summed E-state index contributed by atoms with van der Waals surface area (Å²) < 4.78 is 12.5. The van der Waals surface area contributed by atoms with E-state index in [-0.39, 0.29) is 11.8 Å². The Morgan fingerprint density at radius 3 is 1.53 bits per heavy atom. The standard InChI is InChI=1S/C34H32O4/c1-21-13-17-25(18-14-21)33(35)37-31-24(4)28-11-7-8-12-29(28)30(27-10-6-5-9-23(27)3)32(31)38-34(36)26-19-15-22(2)16-20-26/h5-20,24,30-32H,1-4H3/t24-,30?,31?,32?/m0/s1. The van der Waals surface area contributed by atoms with Crippen molar-refractivity contribution in [1.82, 2.24) is 0 Å². The zero-order chi connectivity index (χ0) is 26.8. The second-order valence-electron chi connectivity index (χ2n) is 10.2. The Morgan fingerprint density at radius 2 is 1.00 bits per heavy atom. The highest BCUT2D eigenvalue weighted by atomic mass is 16.6. The average molecular weight is 505 g/mol. The maximum absolute atomic E-state index is 13.5. The molecule has 192 valence electrons. The fraction of sp³-hybridized carbons (Fsp3) is 0.235. The summed E-state index contributed by atoms with van der Waals surface area (Å²) in [5.41, 5.74) is 7.36. The van der Waals surface area contributed by atoms with Gasteiger partial charge >= 0.3 is 11.9 Å². The summed E-state index contributed by atoms with van der Waals surface area (Å²) in [6.45, 7) is 8.04. The van der Waals surface area contributed by atoms with E-state index in [1.54, 1.807) is 24.3 Å². The summed E-state index contributed by atoms with van der Waals surface area (Å²) >= 11 is 0. The Bertz CT molecular complexity index is 1450. The van der Waals surface area contributed by atoms with Gasteiger partial charge in [-0.1, -0.05) is 90.8 Å². The molecule has 4 aromatic rings. The van der Waals surface area contributed by atoms with E-state index in [9.17, 15) is 9.59 Å². The molecule has 4 nitrogen and oxygen atoms in total. The van der Waals surface area contributed by atoms with Crippen LogP contribution in [0.4, 0.5) is 0 Å². The van der Waals surface area contributed by atoms with Crippen LogP contribution in [-0.2, 0) is 9.47 Å². The number of fused-ring (bicyclic) bond motifs is 1. The largest absolute Gasteiger partial charge is 0.454 e. The molecule has 0 saturated carbocycles. The smallest absolute Gasteiger partial charge is 0.338 e. The Morgan fingerprint density at radius 1 is 0.553 bits per heavy atom. The van der Waals surface area contributed by atoms with E-state index in [4.69, 9.17) is 9.47 Å². The molecule has 0 amide bonds. The predicted octanol–water partition coefficient (Wildman–Crippen LogP) is 7.31. The van der Waals surface area contributed by atoms with Crippen LogP contribution in [0.1, 0.15) is 72.9 Å². The van der Waals surface area contributed by atoms with E-state index in [0.29, 0.717) is 11.1 Å². The summed E-state index contributed by atoms with van der Waals surface area (Å²) in [5.74, 6) is -1.34. The quantitative estimate of drug-likeness (QED) is 0.267. The van der Waals surface area contributed by atoms with Crippen molar-refractivity contribution in [3.8, 4) is 0 Å². The lowest BCUT2D eigenvalue weighted by Gasteiger charge is -2.42. The van der Waals surface area contributed by atoms with Gasteiger partial charge in [0.05, 0.1) is 17.0 Å². The van der Waals surface area contributed by atoms with Crippen molar-refractivity contribution in [2.75, 3.05) is 0 Å². The van der Waals surface area contributed by atoms with Gasteiger partial charge in [-0.05, 0) is 67.3 Å². The van der Waals surface area contributed by atoms with E-state index in [2.05, 4.69) is 31.2 Å². The van der Waals surface area contributed by atoms with Crippen LogP contribution >= 0.6 is 0 Å². The average Bonchev–Trinajstić information content (AvgIpc) is 2.92. The summed E-state index contributed by atoms with van der Waals surface area (Å²) in [6.07, 6.45) is -1.40. The van der Waals surface area contributed by atoms with Gasteiger partial charge in [0.1, 0.15) is 6.10 Å². The van der Waals surface area contributed by atoms with Gasteiger partial charge in [-0.25, -0.2) is 9.59 Å². The third-order valence-corrected chi connectivity index (χ3v) is 7.55. The second-order valence-corrected chi connectivity index (χ2v) is 10.2. The molecule has 0 saturated heterocycles. The Hall–Kier alpha value is -4.18. The summed E-state index contributed by atoms with van der Waals surface area (Å²) in [4.78, 5) is 26.8. The number of aryl methyl sites for hydroxylation is 3. The first-order valence-electron chi connectivity index (χ1n) is 13.0. The molecule has 4 heteroatoms. The number of rotatable bonds is 5. The first-order chi connectivity index (χ1) is 18.3. The van der Waals surface area contributed by atoms with E-state index < -0.39 is 24.1 Å². The lowest BCUT2D eigenvalue weighted by molar-refractivity contribution is -0.0532. The van der Waals surface area contributed by atoms with Crippen molar-refractivity contribution >= 4 is 11.9 Å². The molecule has 0 spiro atoms. The van der Waals surface area contributed by atoms with E-state index in [1.165, 1.54) is 0 Å². The molecule has 38 heavy (non-hydrogen) atoms. The highest BCUT2D eigenvalue weighted by Gasteiger charge is 2.46. The first-order valence-corrected chi connectivity index (χ1v) is 13.0. The van der Waals surface area contributed by atoms with Crippen molar-refractivity contribution in [1.29, 1.82) is 0 Å². The fourth-order valence-corrected chi connectivity index (χ4v) is 5.38. The van der Waals surface area contributed by atoms with Crippen LogP contribution < -0.4 is 0 Å². The second kappa shape index (κ2) is 10.7. The van der Waals surface area contributed by atoms with Gasteiger partial charge in [0.15, 0.2) is 6.10 Å². The maximum atomic E-state index is 13.5. The maximum Gasteiger partial charge on any atom is 0.338 e. The number of hydrogen-bond acceptors (Lipinski definition) is 4. The van der Waals surface area contributed by atoms with E-state index in [0.717, 1.165) is 33.4 Å². The van der Waals surface area contributed by atoms with Crippen LogP contribution in [0.25, 0.3) is 0 Å². The van der Waals surface area contributed by atoms with Crippen molar-refractivity contribution in [3.63, 3.8) is 0 Å². The Labute approximate surface area is 224 Å². The number of hydrogen-bond donors (Lipinski definition) is 0. The zero-order valence-electron chi connectivity index (χ0n) is 22.2. The van der Waals surface area contributed by atoms with E-state index in [1.807, 2.05) is 69.3 Å². The third-order valence-electron chi connectivity index (χ3n) is 7.55. The minimum absolute atomic E-state index is 0.184. The van der Waals surface area contributed by atoms with Crippen molar-refractivity contribution in [2.24, 2.45) is 0 Å². The molecule has 3 unspecified atom stereocenters. The third kappa shape index (κ3) is 4.99. The molecule has 0 heterocycles. The van der Waals surface area contributed by atoms with Crippen molar-refractivity contribution in [2.45, 2.75) is 51.7 Å². The molecule has 0 bridgehead atoms. The number of carbonyl (C=O) groups excluding carboxylic acids is 2. The van der Waals surface area contributed by atoms with Gasteiger partial charge < -0.3 is 9.47 Å². The topological polar surface area (TPSA) is 52.6 Å². The van der Waals surface area contributed by atoms with Gasteiger partial charge in [0, 0.05) is 5.92 Å². The molecule has 5 rings (SSSR count). The van der Waals surface area contributed by atoms with Crippen molar-refractivity contribution in [3.05, 3.63) is 142 Å². The highest BCUT2D eigenvalue weighted by molar-refractivity contribution is 5.90. The zero-order valence-corrected chi connectivity index (χ0v) is 22.2. The number of ether oxygens (including phenoxy) is 2.